The number of pyridine rings is 2. The second kappa shape index (κ2) is 10.4. The minimum atomic E-state index is -1.81. The number of hydrogen-bond donors (Lipinski definition) is 0. The zero-order valence-electron chi connectivity index (χ0n) is 28.4. The number of benzene rings is 8. The van der Waals surface area contributed by atoms with Gasteiger partial charge < -0.3 is 0 Å². The van der Waals surface area contributed by atoms with Crippen LogP contribution < -0.4 is 10.4 Å². The molecule has 0 spiro atoms. The molecule has 1 aliphatic heterocycles. The Hall–Kier alpha value is -6.16. The van der Waals surface area contributed by atoms with Gasteiger partial charge in [-0.1, -0.05) is 134 Å². The van der Waals surface area contributed by atoms with Crippen molar-refractivity contribution in [2.45, 2.75) is 13.1 Å². The van der Waals surface area contributed by atoms with Crippen LogP contribution in [0.3, 0.4) is 0 Å². The Kier molecular flexibility index (Phi) is 5.86. The first-order valence-electron chi connectivity index (χ1n) is 17.7. The standard InChI is InChI=1S/C48H32N2Si/c1-51(2)43-16-8-7-15-38(43)46-44(51)24-20-33-28-39(34-13-5-6-14-37(34)45(33)46)35-21-22-36(41-27-32-11-4-3-10-31(32)26-40(35)41)42-23-19-30-18-17-29-12-9-25-49-47(29)48(30)50-42/h3-28H,1-2H3. The lowest BCUT2D eigenvalue weighted by molar-refractivity contribution is 1.37. The predicted molar refractivity (Wildman–Crippen MR) is 220 cm³/mol. The second-order valence-electron chi connectivity index (χ2n) is 14.5. The molecule has 0 saturated heterocycles. The Morgan fingerprint density at radius 2 is 1.06 bits per heavy atom. The topological polar surface area (TPSA) is 25.8 Å². The predicted octanol–water partition coefficient (Wildman–Crippen LogP) is 11.5. The van der Waals surface area contributed by atoms with Crippen LogP contribution in [0.4, 0.5) is 0 Å². The van der Waals surface area contributed by atoms with Gasteiger partial charge in [-0.25, -0.2) is 4.98 Å². The normalized spacial score (nSPS) is 13.5. The van der Waals surface area contributed by atoms with Crippen LogP contribution in [0, 0.1) is 0 Å². The first-order valence-corrected chi connectivity index (χ1v) is 20.7. The van der Waals surface area contributed by atoms with E-state index in [0.29, 0.717) is 0 Å². The molecule has 0 bridgehead atoms. The summed E-state index contributed by atoms with van der Waals surface area (Å²) in [6.45, 7) is 5.00. The van der Waals surface area contributed by atoms with E-state index in [1.807, 2.05) is 12.3 Å². The van der Waals surface area contributed by atoms with Gasteiger partial charge in [0.2, 0.25) is 0 Å². The maximum absolute atomic E-state index is 5.30. The highest BCUT2D eigenvalue weighted by Crippen LogP contribution is 2.45. The van der Waals surface area contributed by atoms with Crippen molar-refractivity contribution in [1.29, 1.82) is 0 Å². The van der Waals surface area contributed by atoms with Crippen molar-refractivity contribution in [2.75, 3.05) is 0 Å². The molecule has 0 atom stereocenters. The van der Waals surface area contributed by atoms with E-state index in [9.17, 15) is 0 Å². The SMILES string of the molecule is C[Si]1(C)c2ccccc2-c2c1ccc1cc(-c3ccc(-c4ccc5ccc6cccnc6c5n4)c4cc5ccccc5cc34)c3ccccc3c21. The van der Waals surface area contributed by atoms with Crippen molar-refractivity contribution in [3.63, 3.8) is 0 Å². The van der Waals surface area contributed by atoms with Gasteiger partial charge in [0.05, 0.1) is 16.7 Å². The smallest absolute Gasteiger partial charge is 0.113 e. The van der Waals surface area contributed by atoms with Gasteiger partial charge >= 0.3 is 0 Å². The molecule has 3 heterocycles. The summed E-state index contributed by atoms with van der Waals surface area (Å²) in [5.74, 6) is 0. The Labute approximate surface area is 296 Å². The van der Waals surface area contributed by atoms with Gasteiger partial charge in [-0.3, -0.25) is 4.98 Å². The average Bonchev–Trinajstić information content (AvgIpc) is 3.42. The van der Waals surface area contributed by atoms with Crippen molar-refractivity contribution < 1.29 is 0 Å². The van der Waals surface area contributed by atoms with Crippen LogP contribution in [0.1, 0.15) is 0 Å². The lowest BCUT2D eigenvalue weighted by Crippen LogP contribution is -2.49. The molecule has 0 unspecified atom stereocenters. The Morgan fingerprint density at radius 1 is 0.412 bits per heavy atom. The summed E-state index contributed by atoms with van der Waals surface area (Å²) < 4.78 is 0. The summed E-state index contributed by atoms with van der Waals surface area (Å²) in [4.78, 5) is 10.0. The molecule has 8 aromatic carbocycles. The first-order chi connectivity index (χ1) is 25.0. The van der Waals surface area contributed by atoms with Gasteiger partial charge in [-0.05, 0) is 106 Å². The fraction of sp³-hybridized carbons (Fsp3) is 0.0417. The van der Waals surface area contributed by atoms with Crippen LogP contribution in [0.2, 0.25) is 13.1 Å². The maximum Gasteiger partial charge on any atom is 0.113 e. The zero-order valence-corrected chi connectivity index (χ0v) is 29.4. The summed E-state index contributed by atoms with van der Waals surface area (Å²) >= 11 is 0. The van der Waals surface area contributed by atoms with Gasteiger partial charge in [0.15, 0.2) is 0 Å². The molecule has 2 nitrogen and oxygen atoms in total. The molecular weight excluding hydrogens is 633 g/mol. The third-order valence-corrected chi connectivity index (χ3v) is 15.0. The Morgan fingerprint density at radius 3 is 1.90 bits per heavy atom. The van der Waals surface area contributed by atoms with E-state index in [0.717, 1.165) is 33.1 Å². The third kappa shape index (κ3) is 4.04. The molecule has 2 aromatic heterocycles. The maximum atomic E-state index is 5.30. The van der Waals surface area contributed by atoms with Gasteiger partial charge in [0.25, 0.3) is 0 Å². The number of aromatic nitrogens is 2. The fourth-order valence-corrected chi connectivity index (χ4v) is 12.0. The van der Waals surface area contributed by atoms with Gasteiger partial charge in [0, 0.05) is 22.5 Å². The van der Waals surface area contributed by atoms with Crippen molar-refractivity contribution in [3.05, 3.63) is 158 Å². The fourth-order valence-electron chi connectivity index (χ4n) is 8.98. The molecule has 51 heavy (non-hydrogen) atoms. The van der Waals surface area contributed by atoms with E-state index in [1.54, 1.807) is 10.4 Å². The summed E-state index contributed by atoms with van der Waals surface area (Å²) in [6, 6.07) is 56.2. The van der Waals surface area contributed by atoms with E-state index in [4.69, 9.17) is 9.97 Å². The van der Waals surface area contributed by atoms with Gasteiger partial charge in [-0.15, -0.1) is 0 Å². The number of fused-ring (bicyclic) bond motifs is 12. The van der Waals surface area contributed by atoms with Crippen molar-refractivity contribution >= 4 is 83.3 Å². The Bertz CT molecular complexity index is 3120. The van der Waals surface area contributed by atoms with Gasteiger partial charge in [0.1, 0.15) is 8.07 Å². The molecule has 10 aromatic rings. The van der Waals surface area contributed by atoms with Gasteiger partial charge in [-0.2, -0.15) is 0 Å². The molecule has 0 aliphatic carbocycles. The molecule has 238 valence electrons. The summed E-state index contributed by atoms with van der Waals surface area (Å²) in [6.07, 6.45) is 1.86. The highest BCUT2D eigenvalue weighted by Gasteiger charge is 2.38. The van der Waals surface area contributed by atoms with Crippen LogP contribution in [0.25, 0.3) is 98.4 Å². The molecule has 3 heteroatoms. The van der Waals surface area contributed by atoms with Crippen LogP contribution in [-0.2, 0) is 0 Å². The zero-order chi connectivity index (χ0) is 33.8. The minimum absolute atomic E-state index is 0.935. The molecule has 0 fully saturated rings. The van der Waals surface area contributed by atoms with E-state index >= 15 is 0 Å². The van der Waals surface area contributed by atoms with Crippen molar-refractivity contribution in [3.8, 4) is 33.5 Å². The lowest BCUT2D eigenvalue weighted by atomic mass is 9.86. The average molecular weight is 665 g/mol. The van der Waals surface area contributed by atoms with Crippen LogP contribution >= 0.6 is 0 Å². The lowest BCUT2D eigenvalue weighted by Gasteiger charge is -2.20. The highest BCUT2D eigenvalue weighted by molar-refractivity contribution is 7.04. The summed E-state index contributed by atoms with van der Waals surface area (Å²) in [5.41, 5.74) is 9.31. The number of rotatable bonds is 2. The van der Waals surface area contributed by atoms with E-state index in [2.05, 4.69) is 159 Å². The number of nitrogens with zero attached hydrogens (tertiary/aromatic N) is 2. The molecule has 0 amide bonds. The largest absolute Gasteiger partial charge is 0.254 e. The van der Waals surface area contributed by atoms with E-state index < -0.39 is 8.07 Å². The molecular formula is C48H32N2Si. The van der Waals surface area contributed by atoms with Crippen LogP contribution in [-0.4, -0.2) is 18.0 Å². The molecule has 11 rings (SSSR count). The highest BCUT2D eigenvalue weighted by atomic mass is 28.3. The summed E-state index contributed by atoms with van der Waals surface area (Å²) in [7, 11) is -1.81. The van der Waals surface area contributed by atoms with Crippen LogP contribution in [0.5, 0.6) is 0 Å². The van der Waals surface area contributed by atoms with Crippen molar-refractivity contribution in [2.24, 2.45) is 0 Å². The minimum Gasteiger partial charge on any atom is -0.254 e. The second-order valence-corrected chi connectivity index (χ2v) is 18.9. The first kappa shape index (κ1) is 28.7. The Balaban J connectivity index is 1.21. The van der Waals surface area contributed by atoms with E-state index in [-0.39, 0.29) is 0 Å². The van der Waals surface area contributed by atoms with E-state index in [1.165, 1.54) is 65.3 Å². The monoisotopic (exact) mass is 664 g/mol. The number of hydrogen-bond acceptors (Lipinski definition) is 2. The molecule has 0 N–H and O–H groups in total. The van der Waals surface area contributed by atoms with Crippen molar-refractivity contribution in [1.82, 2.24) is 9.97 Å². The quantitative estimate of drug-likeness (QED) is 0.104. The third-order valence-electron chi connectivity index (χ3n) is 11.4. The molecule has 1 aliphatic rings. The molecule has 0 radical (unpaired) electrons. The van der Waals surface area contributed by atoms with Crippen LogP contribution in [0.15, 0.2) is 158 Å². The summed E-state index contributed by atoms with van der Waals surface area (Å²) in [5, 5.41) is 15.4. The molecule has 0 saturated carbocycles.